The van der Waals surface area contributed by atoms with Gasteiger partial charge in [0, 0.05) is 38.9 Å². The van der Waals surface area contributed by atoms with Crippen LogP contribution in [0.2, 0.25) is 0 Å². The molecule has 0 spiro atoms. The van der Waals surface area contributed by atoms with Crippen molar-refractivity contribution in [2.75, 3.05) is 32.9 Å². The molecule has 34 heavy (non-hydrogen) atoms. The molecule has 1 aromatic rings. The molecule has 0 amide bonds. The van der Waals surface area contributed by atoms with Crippen LogP contribution in [-0.4, -0.2) is 68.4 Å². The van der Waals surface area contributed by atoms with Crippen molar-refractivity contribution in [2.24, 2.45) is 5.92 Å². The molecule has 1 fully saturated rings. The monoisotopic (exact) mass is 477 g/mol. The maximum absolute atomic E-state index is 11.1. The highest BCUT2D eigenvalue weighted by Gasteiger charge is 2.43. The lowest BCUT2D eigenvalue weighted by Gasteiger charge is -2.27. The third-order valence-corrected chi connectivity index (χ3v) is 6.17. The number of benzene rings is 1. The Kier molecular flexibility index (Phi) is 8.78. The van der Waals surface area contributed by atoms with Crippen molar-refractivity contribution >= 4 is 11.8 Å². The van der Waals surface area contributed by atoms with Crippen molar-refractivity contribution < 1.29 is 33.9 Å². The predicted octanol–water partition coefficient (Wildman–Crippen LogP) is 3.62. The van der Waals surface area contributed by atoms with E-state index in [1.54, 1.807) is 13.2 Å². The summed E-state index contributed by atoms with van der Waals surface area (Å²) < 4.78 is 29.1. The van der Waals surface area contributed by atoms with Gasteiger partial charge in [0.1, 0.15) is 18.0 Å². The van der Waals surface area contributed by atoms with Crippen LogP contribution < -0.4 is 9.64 Å². The van der Waals surface area contributed by atoms with Gasteiger partial charge >= 0.3 is 0 Å². The van der Waals surface area contributed by atoms with Gasteiger partial charge in [-0.3, -0.25) is 0 Å². The van der Waals surface area contributed by atoms with Gasteiger partial charge in [0.2, 0.25) is 0 Å². The first-order chi connectivity index (χ1) is 16.0. The van der Waals surface area contributed by atoms with Gasteiger partial charge in [-0.05, 0) is 38.8 Å². The van der Waals surface area contributed by atoms with Crippen molar-refractivity contribution in [3.8, 4) is 5.75 Å². The van der Waals surface area contributed by atoms with Gasteiger partial charge < -0.3 is 38.8 Å². The molecule has 8 heteroatoms. The zero-order chi connectivity index (χ0) is 25.0. The van der Waals surface area contributed by atoms with Crippen LogP contribution in [0.25, 0.3) is 6.08 Å². The molecule has 1 saturated heterocycles. The molecule has 2 aliphatic rings. The van der Waals surface area contributed by atoms with Crippen LogP contribution in [-0.2, 0) is 18.9 Å². The van der Waals surface area contributed by atoms with Crippen LogP contribution in [0.3, 0.4) is 0 Å². The fourth-order valence-corrected chi connectivity index (χ4v) is 4.15. The Bertz CT molecular complexity index is 882. The number of aliphatic hydroxyl groups excluding tert-OH is 2. The van der Waals surface area contributed by atoms with Gasteiger partial charge in [0.15, 0.2) is 18.9 Å². The molecule has 2 heterocycles. The summed E-state index contributed by atoms with van der Waals surface area (Å²) in [6, 6.07) is 3.83. The van der Waals surface area contributed by atoms with Crippen molar-refractivity contribution in [1.29, 1.82) is 0 Å². The molecule has 2 N–H and O–H groups in total. The number of nitrogens with zero attached hydrogens (tertiary/aromatic N) is 1. The van der Waals surface area contributed by atoms with E-state index < -0.39 is 24.3 Å². The molecule has 190 valence electrons. The third kappa shape index (κ3) is 6.38. The highest BCUT2D eigenvalue weighted by atomic mass is 16.8. The zero-order valence-electron chi connectivity index (χ0n) is 21.2. The lowest BCUT2D eigenvalue weighted by molar-refractivity contribution is -0.152. The Morgan fingerprint density at radius 2 is 1.85 bits per heavy atom. The summed E-state index contributed by atoms with van der Waals surface area (Å²) in [6.45, 7) is 7.59. The fraction of sp³-hybridized carbons (Fsp3) is 0.615. The van der Waals surface area contributed by atoms with Gasteiger partial charge in [-0.25, -0.2) is 0 Å². The average molecular weight is 478 g/mol. The summed E-state index contributed by atoms with van der Waals surface area (Å²) in [5.74, 6) is -0.386. The number of fused-ring (bicyclic) bond motifs is 2. The van der Waals surface area contributed by atoms with Crippen LogP contribution in [0.4, 0.5) is 5.69 Å². The summed E-state index contributed by atoms with van der Waals surface area (Å²) in [5, 5.41) is 21.9. The Hall–Kier alpha value is -1.94. The smallest absolute Gasteiger partial charge is 0.188 e. The number of aliphatic hydroxyl groups is 2. The van der Waals surface area contributed by atoms with E-state index in [2.05, 4.69) is 0 Å². The van der Waals surface area contributed by atoms with Crippen molar-refractivity contribution in [2.45, 2.75) is 70.6 Å². The van der Waals surface area contributed by atoms with Gasteiger partial charge in [-0.15, -0.1) is 0 Å². The molecule has 0 radical (unpaired) electrons. The number of methoxy groups -OCH3 is 1. The quantitative estimate of drug-likeness (QED) is 0.502. The summed E-state index contributed by atoms with van der Waals surface area (Å²) in [5.41, 5.74) is 2.19. The predicted molar refractivity (Wildman–Crippen MR) is 131 cm³/mol. The lowest BCUT2D eigenvalue weighted by Crippen LogP contribution is -2.34. The van der Waals surface area contributed by atoms with Crippen LogP contribution in [0.5, 0.6) is 5.75 Å². The van der Waals surface area contributed by atoms with Crippen LogP contribution in [0.15, 0.2) is 30.4 Å². The summed E-state index contributed by atoms with van der Waals surface area (Å²) in [7, 11) is 5.43. The largest absolute Gasteiger partial charge is 0.467 e. The minimum atomic E-state index is -1.22. The Labute approximate surface area is 202 Å². The average Bonchev–Trinajstić information content (AvgIpc) is 3.08. The first-order valence-electron chi connectivity index (χ1n) is 11.7. The molecule has 0 aliphatic carbocycles. The Balaban J connectivity index is 2.08. The van der Waals surface area contributed by atoms with E-state index in [1.165, 1.54) is 0 Å². The van der Waals surface area contributed by atoms with Gasteiger partial charge in [0.25, 0.3) is 0 Å². The SMILES string of the molecule is COCOc1cc(N(C)C)cc2c1[C@@H](O)O[C@@H](C)[C@H](C)/C=C\[C@H](O)C1OC(C)(C)O[C@H]1C/C=C/2. The van der Waals surface area contributed by atoms with Crippen LogP contribution in [0.1, 0.15) is 51.5 Å². The number of hydrogen-bond donors (Lipinski definition) is 2. The number of ether oxygens (including phenoxy) is 5. The minimum Gasteiger partial charge on any atom is -0.467 e. The molecule has 1 aromatic carbocycles. The molecule has 1 unspecified atom stereocenters. The van der Waals surface area contributed by atoms with E-state index in [1.807, 2.05) is 77.1 Å². The third-order valence-electron chi connectivity index (χ3n) is 6.17. The zero-order valence-corrected chi connectivity index (χ0v) is 21.2. The van der Waals surface area contributed by atoms with E-state index in [9.17, 15) is 10.2 Å². The highest BCUT2D eigenvalue weighted by Crippen LogP contribution is 2.37. The molecule has 0 saturated carbocycles. The molecule has 3 rings (SSSR count). The standard InChI is InChI=1S/C26H39NO7/c1-16-11-12-20(28)24-21(33-26(3,4)34-24)10-8-9-18-13-19(27(5)6)14-22(31-15-30-7)23(18)25(29)32-17(16)2/h8-9,11-14,16-17,20-21,24-25,28-29H,10,15H2,1-7H3/b9-8+,12-11-/t16-,17+,20+,21+,24?,25+/m1/s1. The number of rotatable bonds is 4. The summed E-state index contributed by atoms with van der Waals surface area (Å²) in [6.07, 6.45) is 4.78. The first kappa shape index (κ1) is 26.7. The van der Waals surface area contributed by atoms with Crippen molar-refractivity contribution in [1.82, 2.24) is 0 Å². The second-order valence-electron chi connectivity index (χ2n) is 9.60. The van der Waals surface area contributed by atoms with E-state index in [4.69, 9.17) is 23.7 Å². The van der Waals surface area contributed by atoms with Crippen molar-refractivity contribution in [3.05, 3.63) is 41.5 Å². The second kappa shape index (κ2) is 11.2. The van der Waals surface area contributed by atoms with E-state index in [-0.39, 0.29) is 24.9 Å². The van der Waals surface area contributed by atoms with E-state index in [0.29, 0.717) is 17.7 Å². The molecular formula is C26H39NO7. The number of anilines is 1. The molecule has 6 atom stereocenters. The van der Waals surface area contributed by atoms with Gasteiger partial charge in [-0.2, -0.15) is 0 Å². The normalized spacial score (nSPS) is 33.3. The molecule has 0 aromatic heterocycles. The second-order valence-corrected chi connectivity index (χ2v) is 9.60. The highest BCUT2D eigenvalue weighted by molar-refractivity contribution is 5.66. The molecule has 8 nitrogen and oxygen atoms in total. The van der Waals surface area contributed by atoms with Crippen molar-refractivity contribution in [3.63, 3.8) is 0 Å². The maximum Gasteiger partial charge on any atom is 0.188 e. The van der Waals surface area contributed by atoms with Gasteiger partial charge in [-0.1, -0.05) is 31.2 Å². The Morgan fingerprint density at radius 3 is 2.53 bits per heavy atom. The summed E-state index contributed by atoms with van der Waals surface area (Å²) >= 11 is 0. The van der Waals surface area contributed by atoms with Gasteiger partial charge in [0.05, 0.1) is 17.8 Å². The fourth-order valence-electron chi connectivity index (χ4n) is 4.15. The van der Waals surface area contributed by atoms with E-state index >= 15 is 0 Å². The molecule has 0 bridgehead atoms. The van der Waals surface area contributed by atoms with Crippen LogP contribution >= 0.6 is 0 Å². The van der Waals surface area contributed by atoms with E-state index in [0.717, 1.165) is 11.3 Å². The molecular weight excluding hydrogens is 438 g/mol. The minimum absolute atomic E-state index is 0.0380. The maximum atomic E-state index is 11.1. The molecule has 2 aliphatic heterocycles. The summed E-state index contributed by atoms with van der Waals surface area (Å²) in [4.78, 5) is 1.96. The number of hydrogen-bond acceptors (Lipinski definition) is 8. The lowest BCUT2D eigenvalue weighted by atomic mass is 9.98. The first-order valence-corrected chi connectivity index (χ1v) is 11.7. The topological polar surface area (TPSA) is 89.9 Å². The Morgan fingerprint density at radius 1 is 1.12 bits per heavy atom. The van der Waals surface area contributed by atoms with Crippen LogP contribution in [0, 0.1) is 5.92 Å².